The Kier molecular flexibility index (Phi) is 8.28. The van der Waals surface area contributed by atoms with Gasteiger partial charge >= 0.3 is 5.97 Å². The van der Waals surface area contributed by atoms with Crippen LogP contribution in [0.15, 0.2) is 113 Å². The highest BCUT2D eigenvalue weighted by atomic mass is 32.2. The van der Waals surface area contributed by atoms with Gasteiger partial charge in [0.1, 0.15) is 5.75 Å². The molecular formula is C34H31N3O6S. The molecular weight excluding hydrogens is 578 g/mol. The molecule has 0 saturated carbocycles. The van der Waals surface area contributed by atoms with E-state index in [1.54, 1.807) is 7.11 Å². The van der Waals surface area contributed by atoms with E-state index in [1.807, 2.05) is 78.9 Å². The number of sulfonamides is 1. The van der Waals surface area contributed by atoms with E-state index < -0.39 is 34.5 Å². The van der Waals surface area contributed by atoms with Gasteiger partial charge in [0, 0.05) is 19.5 Å². The molecule has 0 radical (unpaired) electrons. The van der Waals surface area contributed by atoms with Crippen LogP contribution >= 0.6 is 0 Å². The standard InChI is InChI=1S/C34H31N3O6S/c1-42-29-16-14-26(15-17-29)32-21-31(25-9-3-2-4-10-25)35-37(32)33(38)23-43-34(39)27-12-7-13-30(20-27)44(40,41)36-19-18-24-8-5-6-11-28(24)22-36/h2-17,20,32H,18-19,21-23H2,1H3/t32-/m0/s1. The first-order chi connectivity index (χ1) is 21.3. The molecule has 4 aromatic rings. The van der Waals surface area contributed by atoms with Gasteiger partial charge in [0.2, 0.25) is 10.0 Å². The lowest BCUT2D eigenvalue weighted by Crippen LogP contribution is -2.36. The average Bonchev–Trinajstić information content (AvgIpc) is 3.53. The van der Waals surface area contributed by atoms with Crippen LogP contribution in [0.25, 0.3) is 0 Å². The van der Waals surface area contributed by atoms with Crippen molar-refractivity contribution >= 4 is 27.6 Å². The number of amides is 1. The zero-order valence-electron chi connectivity index (χ0n) is 24.1. The molecule has 1 atom stereocenters. The van der Waals surface area contributed by atoms with Crippen molar-refractivity contribution in [3.05, 3.63) is 131 Å². The molecule has 0 spiro atoms. The molecule has 0 N–H and O–H groups in total. The van der Waals surface area contributed by atoms with Gasteiger partial charge in [-0.15, -0.1) is 0 Å². The lowest BCUT2D eigenvalue weighted by atomic mass is 9.98. The van der Waals surface area contributed by atoms with Crippen molar-refractivity contribution < 1.29 is 27.5 Å². The van der Waals surface area contributed by atoms with Crippen LogP contribution in [-0.2, 0) is 32.5 Å². The number of carbonyl (C=O) groups is 2. The van der Waals surface area contributed by atoms with Crippen LogP contribution in [-0.4, -0.2) is 55.6 Å². The van der Waals surface area contributed by atoms with Crippen LogP contribution in [0, 0.1) is 0 Å². The van der Waals surface area contributed by atoms with Gasteiger partial charge in [0.15, 0.2) is 6.61 Å². The lowest BCUT2D eigenvalue weighted by Gasteiger charge is -2.28. The van der Waals surface area contributed by atoms with E-state index in [1.165, 1.54) is 33.6 Å². The number of rotatable bonds is 8. The monoisotopic (exact) mass is 609 g/mol. The van der Waals surface area contributed by atoms with E-state index in [0.717, 1.165) is 28.0 Å². The molecule has 9 nitrogen and oxygen atoms in total. The minimum Gasteiger partial charge on any atom is -0.497 e. The zero-order chi connectivity index (χ0) is 30.7. The third-order valence-electron chi connectivity index (χ3n) is 7.90. The molecule has 0 unspecified atom stereocenters. The fraction of sp³-hybridized carbons (Fsp3) is 0.206. The first-order valence-electron chi connectivity index (χ1n) is 14.3. The number of ether oxygens (including phenoxy) is 2. The molecule has 1 amide bonds. The van der Waals surface area contributed by atoms with E-state index in [-0.39, 0.29) is 17.0 Å². The smallest absolute Gasteiger partial charge is 0.338 e. The summed E-state index contributed by atoms with van der Waals surface area (Å²) in [5.74, 6) is -0.607. The van der Waals surface area contributed by atoms with Gasteiger partial charge in [0.05, 0.1) is 29.3 Å². The van der Waals surface area contributed by atoms with E-state index in [4.69, 9.17) is 9.47 Å². The Hall–Kier alpha value is -4.80. The maximum absolute atomic E-state index is 13.5. The van der Waals surface area contributed by atoms with E-state index >= 15 is 0 Å². The summed E-state index contributed by atoms with van der Waals surface area (Å²) in [5.41, 5.74) is 4.63. The Bertz CT molecular complexity index is 1820. The van der Waals surface area contributed by atoms with Crippen molar-refractivity contribution in [2.24, 2.45) is 5.10 Å². The molecule has 2 heterocycles. The van der Waals surface area contributed by atoms with Gasteiger partial charge in [-0.3, -0.25) is 4.79 Å². The van der Waals surface area contributed by atoms with Gasteiger partial charge in [-0.1, -0.05) is 72.8 Å². The maximum atomic E-state index is 13.5. The number of benzene rings is 4. The Morgan fingerprint density at radius 3 is 2.36 bits per heavy atom. The maximum Gasteiger partial charge on any atom is 0.338 e. The molecule has 2 aliphatic rings. The highest BCUT2D eigenvalue weighted by molar-refractivity contribution is 7.89. The van der Waals surface area contributed by atoms with Crippen LogP contribution in [0.2, 0.25) is 0 Å². The number of hydrogen-bond donors (Lipinski definition) is 0. The van der Waals surface area contributed by atoms with Gasteiger partial charge < -0.3 is 9.47 Å². The lowest BCUT2D eigenvalue weighted by molar-refractivity contribution is -0.136. The van der Waals surface area contributed by atoms with Crippen LogP contribution in [0.5, 0.6) is 5.75 Å². The van der Waals surface area contributed by atoms with Gasteiger partial charge in [-0.05, 0) is 59.0 Å². The topological polar surface area (TPSA) is 106 Å². The first-order valence-corrected chi connectivity index (χ1v) is 15.7. The largest absolute Gasteiger partial charge is 0.497 e. The Morgan fingerprint density at radius 2 is 1.61 bits per heavy atom. The molecule has 0 aromatic heterocycles. The molecule has 4 aromatic carbocycles. The third kappa shape index (κ3) is 5.99. The summed E-state index contributed by atoms with van der Waals surface area (Å²) < 4.78 is 39.0. The van der Waals surface area contributed by atoms with Crippen molar-refractivity contribution in [2.75, 3.05) is 20.3 Å². The number of hydrogen-bond acceptors (Lipinski definition) is 7. The van der Waals surface area contributed by atoms with Gasteiger partial charge in [0.25, 0.3) is 5.91 Å². The van der Waals surface area contributed by atoms with E-state index in [9.17, 15) is 18.0 Å². The summed E-state index contributed by atoms with van der Waals surface area (Å²) in [6.07, 6.45) is 1.10. The second-order valence-corrected chi connectivity index (χ2v) is 12.5. The highest BCUT2D eigenvalue weighted by Crippen LogP contribution is 2.34. The normalized spacial score (nSPS) is 16.6. The van der Waals surface area contributed by atoms with E-state index in [2.05, 4.69) is 5.10 Å². The van der Waals surface area contributed by atoms with Crippen LogP contribution in [0.3, 0.4) is 0 Å². The number of fused-ring (bicyclic) bond motifs is 1. The summed E-state index contributed by atoms with van der Waals surface area (Å²) in [4.78, 5) is 26.4. The van der Waals surface area contributed by atoms with Crippen molar-refractivity contribution in [1.29, 1.82) is 0 Å². The second-order valence-electron chi connectivity index (χ2n) is 10.6. The van der Waals surface area contributed by atoms with Crippen molar-refractivity contribution in [1.82, 2.24) is 9.31 Å². The average molecular weight is 610 g/mol. The van der Waals surface area contributed by atoms with Crippen molar-refractivity contribution in [3.8, 4) is 5.75 Å². The number of esters is 1. The Morgan fingerprint density at radius 1 is 0.886 bits per heavy atom. The minimum atomic E-state index is -3.86. The fourth-order valence-electron chi connectivity index (χ4n) is 5.52. The summed E-state index contributed by atoms with van der Waals surface area (Å²) in [7, 11) is -2.27. The van der Waals surface area contributed by atoms with Crippen molar-refractivity contribution in [3.63, 3.8) is 0 Å². The molecule has 0 aliphatic carbocycles. The van der Waals surface area contributed by atoms with Crippen LogP contribution in [0.1, 0.15) is 45.1 Å². The predicted molar refractivity (Wildman–Crippen MR) is 165 cm³/mol. The highest BCUT2D eigenvalue weighted by Gasteiger charge is 2.34. The zero-order valence-corrected chi connectivity index (χ0v) is 24.9. The number of carbonyl (C=O) groups excluding carboxylic acids is 2. The van der Waals surface area contributed by atoms with Crippen LogP contribution in [0.4, 0.5) is 0 Å². The molecule has 2 aliphatic heterocycles. The molecule has 0 saturated heterocycles. The van der Waals surface area contributed by atoms with Crippen molar-refractivity contribution in [2.45, 2.75) is 30.3 Å². The molecule has 10 heteroatoms. The number of hydrazone groups is 1. The quantitative estimate of drug-likeness (QED) is 0.261. The Labute approximate surface area is 256 Å². The summed E-state index contributed by atoms with van der Waals surface area (Å²) in [6, 6.07) is 30.1. The molecule has 0 bridgehead atoms. The second kappa shape index (κ2) is 12.4. The molecule has 6 rings (SSSR count). The minimum absolute atomic E-state index is 0.00567. The van der Waals surface area contributed by atoms with Gasteiger partial charge in [-0.25, -0.2) is 18.2 Å². The summed E-state index contributed by atoms with van der Waals surface area (Å²) in [5, 5.41) is 5.97. The van der Waals surface area contributed by atoms with Gasteiger partial charge in [-0.2, -0.15) is 9.41 Å². The first kappa shape index (κ1) is 29.3. The summed E-state index contributed by atoms with van der Waals surface area (Å²) >= 11 is 0. The fourth-order valence-corrected chi connectivity index (χ4v) is 6.98. The van der Waals surface area contributed by atoms with E-state index in [0.29, 0.717) is 25.1 Å². The number of nitrogens with zero attached hydrogens (tertiary/aromatic N) is 3. The SMILES string of the molecule is COc1ccc([C@@H]2CC(c3ccccc3)=NN2C(=O)COC(=O)c2cccc(S(=O)(=O)N3CCc4ccccc4C3)c2)cc1. The molecule has 44 heavy (non-hydrogen) atoms. The Balaban J connectivity index is 1.17. The summed E-state index contributed by atoms with van der Waals surface area (Å²) in [6.45, 7) is 0.0501. The predicted octanol–water partition coefficient (Wildman–Crippen LogP) is 4.98. The molecule has 0 fully saturated rings. The molecule has 224 valence electrons. The number of methoxy groups -OCH3 is 1. The van der Waals surface area contributed by atoms with Crippen LogP contribution < -0.4 is 4.74 Å². The third-order valence-corrected chi connectivity index (χ3v) is 9.74.